The molecule has 0 aliphatic heterocycles. The number of hydrogen-bond acceptors (Lipinski definition) is 5. The van der Waals surface area contributed by atoms with E-state index in [1.54, 1.807) is 6.92 Å². The van der Waals surface area contributed by atoms with Gasteiger partial charge in [0.2, 0.25) is 0 Å². The maximum atomic E-state index is 11.8. The van der Waals surface area contributed by atoms with Gasteiger partial charge in [-0.25, -0.2) is 9.61 Å². The van der Waals surface area contributed by atoms with Crippen LogP contribution in [-0.2, 0) is 6.54 Å². The molecule has 0 amide bonds. The molecule has 2 heterocycles. The van der Waals surface area contributed by atoms with Gasteiger partial charge in [0.05, 0.1) is 12.9 Å². The summed E-state index contributed by atoms with van der Waals surface area (Å²) in [6.45, 7) is 2.03. The molecule has 0 spiro atoms. The average molecular weight is 353 g/mol. The van der Waals surface area contributed by atoms with Crippen LogP contribution in [0.2, 0.25) is 5.15 Å². The molecule has 0 radical (unpaired) electrons. The minimum Gasteiger partial charge on any atom is -0.292 e. The van der Waals surface area contributed by atoms with Crippen LogP contribution in [0.5, 0.6) is 0 Å². The van der Waals surface area contributed by atoms with Crippen LogP contribution >= 0.6 is 34.2 Å². The molecule has 16 heavy (non-hydrogen) atoms. The zero-order chi connectivity index (χ0) is 11.7. The number of aryl methyl sites for hydroxylation is 1. The molecule has 0 unspecified atom stereocenters. The van der Waals surface area contributed by atoms with Crippen molar-refractivity contribution in [1.29, 1.82) is 0 Å². The summed E-state index contributed by atoms with van der Waals surface area (Å²) in [6.07, 6.45) is 1.38. The van der Waals surface area contributed by atoms with E-state index in [0.29, 0.717) is 15.0 Å². The van der Waals surface area contributed by atoms with E-state index in [-0.39, 0.29) is 17.3 Å². The van der Waals surface area contributed by atoms with Crippen molar-refractivity contribution < 1.29 is 4.63 Å². The molecule has 2 aromatic heterocycles. The van der Waals surface area contributed by atoms with Crippen LogP contribution in [0.3, 0.4) is 0 Å². The Balaban J connectivity index is 2.40. The van der Waals surface area contributed by atoms with Crippen molar-refractivity contribution in [1.82, 2.24) is 19.9 Å². The molecule has 0 atom stereocenters. The molecule has 6 nitrogen and oxygen atoms in total. The third kappa shape index (κ3) is 2.09. The minimum absolute atomic E-state index is 0.205. The predicted octanol–water partition coefficient (Wildman–Crippen LogP) is 1.24. The van der Waals surface area contributed by atoms with Crippen LogP contribution in [0.1, 0.15) is 11.4 Å². The summed E-state index contributed by atoms with van der Waals surface area (Å²) in [6, 6.07) is 0. The Kier molecular flexibility index (Phi) is 3.24. The maximum absolute atomic E-state index is 11.8. The van der Waals surface area contributed by atoms with E-state index in [1.165, 1.54) is 10.9 Å². The van der Waals surface area contributed by atoms with E-state index >= 15 is 0 Å². The van der Waals surface area contributed by atoms with E-state index in [4.69, 9.17) is 11.6 Å². The fourth-order valence-corrected chi connectivity index (χ4v) is 1.68. The number of nitrogens with zero attached hydrogens (tertiary/aromatic N) is 4. The monoisotopic (exact) mass is 352 g/mol. The summed E-state index contributed by atoms with van der Waals surface area (Å²) < 4.78 is 6.34. The second-order valence-electron chi connectivity index (χ2n) is 3.08. The second kappa shape index (κ2) is 4.50. The Morgan fingerprint density at radius 3 is 2.94 bits per heavy atom. The van der Waals surface area contributed by atoms with Gasteiger partial charge in [0.25, 0.3) is 5.56 Å². The highest BCUT2D eigenvalue weighted by Crippen LogP contribution is 2.10. The van der Waals surface area contributed by atoms with Crippen molar-refractivity contribution in [2.45, 2.75) is 13.5 Å². The smallest absolute Gasteiger partial charge is 0.268 e. The Morgan fingerprint density at radius 2 is 2.31 bits per heavy atom. The van der Waals surface area contributed by atoms with Gasteiger partial charge in [0, 0.05) is 0 Å². The van der Waals surface area contributed by atoms with Crippen LogP contribution < -0.4 is 5.56 Å². The standard InChI is InChI=1S/C8H6ClIN4O2/c1-4-5(13-16-12-4)2-14-3-11-7(9)6(10)8(14)15/h3H,2H2,1H3. The molecule has 0 N–H and O–H groups in total. The summed E-state index contributed by atoms with van der Waals surface area (Å²) in [7, 11) is 0. The van der Waals surface area contributed by atoms with Gasteiger partial charge in [0.1, 0.15) is 20.1 Å². The van der Waals surface area contributed by atoms with Gasteiger partial charge >= 0.3 is 0 Å². The third-order valence-electron chi connectivity index (χ3n) is 2.01. The van der Waals surface area contributed by atoms with Gasteiger partial charge in [-0.2, -0.15) is 0 Å². The number of halogens is 2. The average Bonchev–Trinajstić information content (AvgIpc) is 2.65. The molecule has 8 heteroatoms. The predicted molar refractivity (Wildman–Crippen MR) is 64.4 cm³/mol. The van der Waals surface area contributed by atoms with E-state index < -0.39 is 0 Å². The SMILES string of the molecule is Cc1nonc1Cn1cnc(Cl)c(I)c1=O. The summed E-state index contributed by atoms with van der Waals surface area (Å²) >= 11 is 7.58. The zero-order valence-electron chi connectivity index (χ0n) is 8.15. The number of rotatable bonds is 2. The normalized spacial score (nSPS) is 10.7. The topological polar surface area (TPSA) is 73.8 Å². The summed E-state index contributed by atoms with van der Waals surface area (Å²) in [5.74, 6) is 0. The summed E-state index contributed by atoms with van der Waals surface area (Å²) in [5, 5.41) is 7.53. The van der Waals surface area contributed by atoms with Crippen LogP contribution in [-0.4, -0.2) is 19.9 Å². The maximum Gasteiger partial charge on any atom is 0.268 e. The molecule has 0 saturated heterocycles. The van der Waals surface area contributed by atoms with Gasteiger partial charge < -0.3 is 0 Å². The van der Waals surface area contributed by atoms with Gasteiger partial charge in [0.15, 0.2) is 0 Å². The van der Waals surface area contributed by atoms with Gasteiger partial charge in [-0.3, -0.25) is 9.36 Å². The minimum atomic E-state index is -0.206. The molecule has 0 fully saturated rings. The first-order chi connectivity index (χ1) is 7.59. The van der Waals surface area contributed by atoms with E-state index in [1.807, 2.05) is 22.6 Å². The van der Waals surface area contributed by atoms with Crippen LogP contribution in [0.15, 0.2) is 15.8 Å². The molecular weight excluding hydrogens is 346 g/mol. The van der Waals surface area contributed by atoms with E-state index in [9.17, 15) is 4.79 Å². The largest absolute Gasteiger partial charge is 0.292 e. The fourth-order valence-electron chi connectivity index (χ4n) is 1.11. The molecule has 2 aromatic rings. The van der Waals surface area contributed by atoms with Gasteiger partial charge in [-0.05, 0) is 29.5 Å². The van der Waals surface area contributed by atoms with Crippen molar-refractivity contribution in [3.63, 3.8) is 0 Å². The van der Waals surface area contributed by atoms with Crippen LogP contribution in [0.4, 0.5) is 0 Å². The Hall–Kier alpha value is -0.960. The van der Waals surface area contributed by atoms with Crippen molar-refractivity contribution >= 4 is 34.2 Å². The molecule has 2 rings (SSSR count). The lowest BCUT2D eigenvalue weighted by atomic mass is 10.3. The molecular formula is C8H6ClIN4O2. The van der Waals surface area contributed by atoms with Crippen LogP contribution in [0, 0.1) is 10.5 Å². The first-order valence-corrected chi connectivity index (χ1v) is 5.73. The second-order valence-corrected chi connectivity index (χ2v) is 4.52. The molecule has 0 aliphatic rings. The summed E-state index contributed by atoms with van der Waals surface area (Å²) in [5.41, 5.74) is 1.04. The van der Waals surface area contributed by atoms with Crippen LogP contribution in [0.25, 0.3) is 0 Å². The molecule has 0 bridgehead atoms. The Morgan fingerprint density at radius 1 is 1.56 bits per heavy atom. The highest BCUT2D eigenvalue weighted by Gasteiger charge is 2.10. The van der Waals surface area contributed by atoms with Gasteiger partial charge in [-0.1, -0.05) is 21.9 Å². The van der Waals surface area contributed by atoms with Gasteiger partial charge in [-0.15, -0.1) is 0 Å². The lowest BCUT2D eigenvalue weighted by Gasteiger charge is -2.03. The Bertz CT molecular complexity index is 580. The van der Waals surface area contributed by atoms with Crippen molar-refractivity contribution in [2.75, 3.05) is 0 Å². The van der Waals surface area contributed by atoms with Crippen molar-refractivity contribution in [2.24, 2.45) is 0 Å². The fraction of sp³-hybridized carbons (Fsp3) is 0.250. The Labute approximate surface area is 109 Å². The quantitative estimate of drug-likeness (QED) is 0.600. The summed E-state index contributed by atoms with van der Waals surface area (Å²) in [4.78, 5) is 15.7. The third-order valence-corrected chi connectivity index (χ3v) is 3.58. The zero-order valence-corrected chi connectivity index (χ0v) is 11.1. The lowest BCUT2D eigenvalue weighted by Crippen LogP contribution is -2.24. The number of aromatic nitrogens is 4. The van der Waals surface area contributed by atoms with E-state index in [0.717, 1.165) is 0 Å². The lowest BCUT2D eigenvalue weighted by molar-refractivity contribution is 0.300. The van der Waals surface area contributed by atoms with Crippen molar-refractivity contribution in [3.05, 3.63) is 36.8 Å². The molecule has 84 valence electrons. The van der Waals surface area contributed by atoms with Crippen molar-refractivity contribution in [3.8, 4) is 0 Å². The molecule has 0 saturated carbocycles. The highest BCUT2D eigenvalue weighted by molar-refractivity contribution is 14.1. The highest BCUT2D eigenvalue weighted by atomic mass is 127. The van der Waals surface area contributed by atoms with E-state index in [2.05, 4.69) is 19.9 Å². The number of hydrogen-bond donors (Lipinski definition) is 0. The first-order valence-electron chi connectivity index (χ1n) is 4.28. The first kappa shape index (κ1) is 11.5. The molecule has 0 aliphatic carbocycles. The molecule has 0 aromatic carbocycles.